The van der Waals surface area contributed by atoms with Crippen LogP contribution in [0.1, 0.15) is 33.6 Å². The second-order valence-electron chi connectivity index (χ2n) is 4.48. The number of ether oxygens (including phenoxy) is 2. The van der Waals surface area contributed by atoms with E-state index in [-0.39, 0.29) is 19.1 Å². The normalized spacial score (nSPS) is 10.5. The van der Waals surface area contributed by atoms with Gasteiger partial charge in [-0.3, -0.25) is 4.79 Å². The number of carbonyl (C=O) groups excluding carboxylic acids is 2. The van der Waals surface area contributed by atoms with Gasteiger partial charge < -0.3 is 14.8 Å². The molecular weight excluding hydrogens is 222 g/mol. The standard InChI is InChI=1S/C12H21NO4/c1-5-6-7-10(14)16-9-8-13-11(15)17-12(2,3)4/h5H,1,6-9H2,2-4H3,(H,13,15). The Kier molecular flexibility index (Phi) is 7.02. The van der Waals surface area contributed by atoms with Crippen molar-refractivity contribution in [3.8, 4) is 0 Å². The molecule has 0 unspecified atom stereocenters. The number of carbonyl (C=O) groups is 2. The predicted octanol–water partition coefficient (Wildman–Crippen LogP) is 2.02. The topological polar surface area (TPSA) is 64.6 Å². The Balaban J connectivity index is 3.54. The lowest BCUT2D eigenvalue weighted by Gasteiger charge is -2.19. The molecule has 0 saturated heterocycles. The SMILES string of the molecule is C=CCCC(=O)OCCNC(=O)OC(C)(C)C. The van der Waals surface area contributed by atoms with Gasteiger partial charge in [0.05, 0.1) is 6.54 Å². The molecule has 0 rings (SSSR count). The molecule has 0 aromatic rings. The Bertz CT molecular complexity index is 268. The summed E-state index contributed by atoms with van der Waals surface area (Å²) in [6.07, 6.45) is 2.05. The lowest BCUT2D eigenvalue weighted by atomic mass is 10.2. The Hall–Kier alpha value is -1.52. The van der Waals surface area contributed by atoms with Crippen molar-refractivity contribution < 1.29 is 19.1 Å². The highest BCUT2D eigenvalue weighted by molar-refractivity contribution is 5.69. The van der Waals surface area contributed by atoms with E-state index in [1.54, 1.807) is 26.8 Å². The van der Waals surface area contributed by atoms with Crippen LogP contribution in [0.25, 0.3) is 0 Å². The minimum absolute atomic E-state index is 0.148. The molecule has 1 amide bonds. The van der Waals surface area contributed by atoms with E-state index in [0.717, 1.165) is 0 Å². The maximum absolute atomic E-state index is 11.2. The monoisotopic (exact) mass is 243 g/mol. The van der Waals surface area contributed by atoms with Gasteiger partial charge in [0, 0.05) is 6.42 Å². The third-order valence-electron chi connectivity index (χ3n) is 1.59. The molecule has 0 aliphatic rings. The molecule has 0 heterocycles. The minimum atomic E-state index is -0.523. The zero-order chi connectivity index (χ0) is 13.3. The Labute approximate surface area is 102 Å². The second kappa shape index (κ2) is 7.70. The molecule has 0 fully saturated rings. The molecule has 5 nitrogen and oxygen atoms in total. The highest BCUT2D eigenvalue weighted by Crippen LogP contribution is 2.06. The van der Waals surface area contributed by atoms with Crippen molar-refractivity contribution >= 4 is 12.1 Å². The Morgan fingerprint density at radius 1 is 1.35 bits per heavy atom. The van der Waals surface area contributed by atoms with Gasteiger partial charge in [0.15, 0.2) is 0 Å². The van der Waals surface area contributed by atoms with Gasteiger partial charge in [-0.25, -0.2) is 4.79 Å². The van der Waals surface area contributed by atoms with Gasteiger partial charge in [-0.1, -0.05) is 6.08 Å². The van der Waals surface area contributed by atoms with Crippen LogP contribution in [-0.2, 0) is 14.3 Å². The molecule has 0 atom stereocenters. The summed E-state index contributed by atoms with van der Waals surface area (Å²) in [6.45, 7) is 9.24. The number of rotatable bonds is 6. The van der Waals surface area contributed by atoms with Crippen molar-refractivity contribution in [2.24, 2.45) is 0 Å². The van der Waals surface area contributed by atoms with Gasteiger partial charge in [-0.05, 0) is 27.2 Å². The highest BCUT2D eigenvalue weighted by Gasteiger charge is 2.15. The van der Waals surface area contributed by atoms with Crippen molar-refractivity contribution in [3.63, 3.8) is 0 Å². The van der Waals surface area contributed by atoms with Crippen LogP contribution in [0.15, 0.2) is 12.7 Å². The predicted molar refractivity (Wildman–Crippen MR) is 64.6 cm³/mol. The number of esters is 1. The van der Waals surface area contributed by atoms with Crippen LogP contribution in [0.5, 0.6) is 0 Å². The van der Waals surface area contributed by atoms with E-state index in [1.165, 1.54) is 0 Å². The van der Waals surface area contributed by atoms with Crippen molar-refractivity contribution in [3.05, 3.63) is 12.7 Å². The first-order valence-electron chi connectivity index (χ1n) is 5.58. The molecule has 0 aliphatic carbocycles. The van der Waals surface area contributed by atoms with E-state index in [9.17, 15) is 9.59 Å². The zero-order valence-corrected chi connectivity index (χ0v) is 10.7. The van der Waals surface area contributed by atoms with Crippen LogP contribution in [-0.4, -0.2) is 30.8 Å². The van der Waals surface area contributed by atoms with E-state index in [4.69, 9.17) is 9.47 Å². The zero-order valence-electron chi connectivity index (χ0n) is 10.7. The maximum atomic E-state index is 11.2. The fourth-order valence-corrected chi connectivity index (χ4v) is 0.924. The van der Waals surface area contributed by atoms with Crippen LogP contribution in [0.4, 0.5) is 4.79 Å². The molecule has 0 spiro atoms. The Morgan fingerprint density at radius 3 is 2.53 bits per heavy atom. The smallest absolute Gasteiger partial charge is 0.407 e. The van der Waals surface area contributed by atoms with Crippen molar-refractivity contribution in [1.82, 2.24) is 5.32 Å². The molecule has 0 radical (unpaired) electrons. The molecule has 0 saturated carbocycles. The van der Waals surface area contributed by atoms with E-state index in [2.05, 4.69) is 11.9 Å². The molecule has 0 bridgehead atoms. The van der Waals surface area contributed by atoms with Crippen LogP contribution >= 0.6 is 0 Å². The van der Waals surface area contributed by atoms with Gasteiger partial charge in [-0.15, -0.1) is 6.58 Å². The first-order chi connectivity index (χ1) is 7.85. The minimum Gasteiger partial charge on any atom is -0.464 e. The van der Waals surface area contributed by atoms with Gasteiger partial charge >= 0.3 is 12.1 Å². The van der Waals surface area contributed by atoms with Gasteiger partial charge in [-0.2, -0.15) is 0 Å². The summed E-state index contributed by atoms with van der Waals surface area (Å²) in [6, 6.07) is 0. The van der Waals surface area contributed by atoms with Gasteiger partial charge in [0.1, 0.15) is 12.2 Å². The van der Waals surface area contributed by atoms with E-state index in [1.807, 2.05) is 0 Å². The average molecular weight is 243 g/mol. The summed E-state index contributed by atoms with van der Waals surface area (Å²) in [5.74, 6) is -0.295. The number of hydrogen-bond acceptors (Lipinski definition) is 4. The van der Waals surface area contributed by atoms with Crippen LogP contribution < -0.4 is 5.32 Å². The molecule has 98 valence electrons. The number of nitrogens with one attached hydrogen (secondary N) is 1. The fourth-order valence-electron chi connectivity index (χ4n) is 0.924. The largest absolute Gasteiger partial charge is 0.464 e. The average Bonchev–Trinajstić information content (AvgIpc) is 2.19. The number of alkyl carbamates (subject to hydrolysis) is 1. The molecular formula is C12H21NO4. The maximum Gasteiger partial charge on any atom is 0.407 e. The molecule has 1 N–H and O–H groups in total. The van der Waals surface area contributed by atoms with Crippen molar-refractivity contribution in [2.75, 3.05) is 13.2 Å². The van der Waals surface area contributed by atoms with Crippen LogP contribution in [0.2, 0.25) is 0 Å². The molecule has 0 aromatic heterocycles. The van der Waals surface area contributed by atoms with Crippen LogP contribution in [0, 0.1) is 0 Å². The third kappa shape index (κ3) is 10.8. The summed E-state index contributed by atoms with van der Waals surface area (Å²) in [4.78, 5) is 22.2. The lowest BCUT2D eigenvalue weighted by molar-refractivity contribution is -0.143. The lowest BCUT2D eigenvalue weighted by Crippen LogP contribution is -2.34. The van der Waals surface area contributed by atoms with E-state index < -0.39 is 11.7 Å². The number of amides is 1. The summed E-state index contributed by atoms with van der Waals surface area (Å²) < 4.78 is 9.87. The van der Waals surface area contributed by atoms with Crippen molar-refractivity contribution in [2.45, 2.75) is 39.2 Å². The first-order valence-corrected chi connectivity index (χ1v) is 5.58. The van der Waals surface area contributed by atoms with Crippen LogP contribution in [0.3, 0.4) is 0 Å². The number of allylic oxidation sites excluding steroid dienone is 1. The van der Waals surface area contributed by atoms with Crippen molar-refractivity contribution in [1.29, 1.82) is 0 Å². The summed E-state index contributed by atoms with van der Waals surface area (Å²) in [5, 5.41) is 2.49. The van der Waals surface area contributed by atoms with Gasteiger partial charge in [0.2, 0.25) is 0 Å². The molecule has 5 heteroatoms. The first kappa shape index (κ1) is 15.5. The fraction of sp³-hybridized carbons (Fsp3) is 0.667. The summed E-state index contributed by atoms with van der Waals surface area (Å²) in [7, 11) is 0. The third-order valence-corrected chi connectivity index (χ3v) is 1.59. The second-order valence-corrected chi connectivity index (χ2v) is 4.48. The summed E-state index contributed by atoms with van der Waals surface area (Å²) in [5.41, 5.74) is -0.523. The van der Waals surface area contributed by atoms with E-state index >= 15 is 0 Å². The summed E-state index contributed by atoms with van der Waals surface area (Å²) >= 11 is 0. The highest BCUT2D eigenvalue weighted by atomic mass is 16.6. The quantitative estimate of drug-likeness (QED) is 0.440. The van der Waals surface area contributed by atoms with Gasteiger partial charge in [0.25, 0.3) is 0 Å². The number of hydrogen-bond donors (Lipinski definition) is 1. The molecule has 0 aromatic carbocycles. The molecule has 17 heavy (non-hydrogen) atoms. The van der Waals surface area contributed by atoms with E-state index in [0.29, 0.717) is 12.8 Å². The molecule has 0 aliphatic heterocycles. The Morgan fingerprint density at radius 2 is 2.00 bits per heavy atom.